The third kappa shape index (κ3) is 3.68. The maximum absolute atomic E-state index is 13.0. The first-order chi connectivity index (χ1) is 12.9. The summed E-state index contributed by atoms with van der Waals surface area (Å²) in [6.45, 7) is 4.52. The molecule has 6 nitrogen and oxygen atoms in total. The highest BCUT2D eigenvalue weighted by Gasteiger charge is 2.49. The topological polar surface area (TPSA) is 81.5 Å². The Morgan fingerprint density at radius 1 is 1.33 bits per heavy atom. The second kappa shape index (κ2) is 7.66. The zero-order chi connectivity index (χ0) is 19.6. The maximum Gasteiger partial charge on any atom is 0.270 e. The fraction of sp³-hybridized carbons (Fsp3) is 0.350. The standard InChI is InChI=1S/C20H21ClN2O4/c1-3-14-12-27-18(13-7-5-4-6-8-13)20(14,2)22-19(24)16-11-15(23(25)26)9-10-17(16)21/h4-11,14,18H,3,12H2,1-2H3,(H,22,24)/t14-,18-,20+/m0/s1. The van der Waals surface area contributed by atoms with Crippen LogP contribution < -0.4 is 5.32 Å². The van der Waals surface area contributed by atoms with Gasteiger partial charge in [0.25, 0.3) is 11.6 Å². The van der Waals surface area contributed by atoms with Gasteiger partial charge in [-0.15, -0.1) is 0 Å². The number of carbonyl (C=O) groups is 1. The van der Waals surface area contributed by atoms with Crippen molar-refractivity contribution in [2.75, 3.05) is 6.61 Å². The minimum atomic E-state index is -0.666. The highest BCUT2D eigenvalue weighted by Crippen LogP contribution is 2.43. The van der Waals surface area contributed by atoms with Crippen LogP contribution in [0, 0.1) is 16.0 Å². The van der Waals surface area contributed by atoms with Crippen LogP contribution in [-0.2, 0) is 4.74 Å². The number of carbonyl (C=O) groups excluding carboxylic acids is 1. The number of hydrogen-bond donors (Lipinski definition) is 1. The predicted octanol–water partition coefficient (Wildman–Crippen LogP) is 4.53. The van der Waals surface area contributed by atoms with Gasteiger partial charge in [-0.2, -0.15) is 0 Å². The molecule has 1 aliphatic rings. The molecular formula is C20H21ClN2O4. The molecule has 0 unspecified atom stereocenters. The van der Waals surface area contributed by atoms with E-state index in [0.717, 1.165) is 12.0 Å². The summed E-state index contributed by atoms with van der Waals surface area (Å²) in [6.07, 6.45) is 0.507. The fourth-order valence-corrected chi connectivity index (χ4v) is 3.87. The highest BCUT2D eigenvalue weighted by atomic mass is 35.5. The molecule has 142 valence electrons. The Labute approximate surface area is 162 Å². The van der Waals surface area contributed by atoms with Gasteiger partial charge >= 0.3 is 0 Å². The van der Waals surface area contributed by atoms with Crippen LogP contribution in [0.15, 0.2) is 48.5 Å². The Kier molecular flexibility index (Phi) is 5.48. The van der Waals surface area contributed by atoms with E-state index in [1.807, 2.05) is 44.2 Å². The summed E-state index contributed by atoms with van der Waals surface area (Å²) < 4.78 is 6.03. The molecule has 1 aliphatic heterocycles. The van der Waals surface area contributed by atoms with Crippen LogP contribution in [0.3, 0.4) is 0 Å². The first-order valence-corrected chi connectivity index (χ1v) is 9.17. The monoisotopic (exact) mass is 388 g/mol. The summed E-state index contributed by atoms with van der Waals surface area (Å²) in [5, 5.41) is 14.3. The molecule has 0 aromatic heterocycles. The van der Waals surface area contributed by atoms with E-state index < -0.39 is 16.4 Å². The van der Waals surface area contributed by atoms with Crippen LogP contribution in [0.4, 0.5) is 5.69 Å². The van der Waals surface area contributed by atoms with Gasteiger partial charge in [0.15, 0.2) is 0 Å². The molecule has 1 saturated heterocycles. The molecular weight excluding hydrogens is 368 g/mol. The van der Waals surface area contributed by atoms with E-state index >= 15 is 0 Å². The summed E-state index contributed by atoms with van der Waals surface area (Å²) in [6, 6.07) is 13.6. The minimum absolute atomic E-state index is 0.0839. The Morgan fingerprint density at radius 3 is 2.67 bits per heavy atom. The van der Waals surface area contributed by atoms with Crippen molar-refractivity contribution in [3.63, 3.8) is 0 Å². The molecule has 27 heavy (non-hydrogen) atoms. The molecule has 1 amide bonds. The summed E-state index contributed by atoms with van der Waals surface area (Å²) in [5.74, 6) is -0.347. The number of nitrogens with one attached hydrogen (secondary N) is 1. The van der Waals surface area contributed by atoms with Gasteiger partial charge < -0.3 is 10.1 Å². The smallest absolute Gasteiger partial charge is 0.270 e. The van der Waals surface area contributed by atoms with E-state index in [4.69, 9.17) is 16.3 Å². The molecule has 0 aliphatic carbocycles. The van der Waals surface area contributed by atoms with Gasteiger partial charge in [-0.05, 0) is 25.0 Å². The fourth-order valence-electron chi connectivity index (χ4n) is 3.67. The number of hydrogen-bond acceptors (Lipinski definition) is 4. The maximum atomic E-state index is 13.0. The first kappa shape index (κ1) is 19.3. The number of nitrogens with zero attached hydrogens (tertiary/aromatic N) is 1. The molecule has 1 heterocycles. The number of ether oxygens (including phenoxy) is 1. The molecule has 1 N–H and O–H groups in total. The van der Waals surface area contributed by atoms with Crippen LogP contribution >= 0.6 is 11.6 Å². The van der Waals surface area contributed by atoms with Gasteiger partial charge in [-0.3, -0.25) is 14.9 Å². The minimum Gasteiger partial charge on any atom is -0.371 e. The van der Waals surface area contributed by atoms with Crippen molar-refractivity contribution in [1.82, 2.24) is 5.32 Å². The van der Waals surface area contributed by atoms with Crippen LogP contribution in [0.2, 0.25) is 5.02 Å². The van der Waals surface area contributed by atoms with E-state index in [2.05, 4.69) is 5.32 Å². The molecule has 0 spiro atoms. The lowest BCUT2D eigenvalue weighted by atomic mass is 9.79. The molecule has 0 saturated carbocycles. The van der Waals surface area contributed by atoms with Crippen molar-refractivity contribution in [2.45, 2.75) is 31.9 Å². The van der Waals surface area contributed by atoms with Gasteiger partial charge in [0.1, 0.15) is 6.10 Å². The zero-order valence-electron chi connectivity index (χ0n) is 15.1. The third-order valence-electron chi connectivity index (χ3n) is 5.24. The lowest BCUT2D eigenvalue weighted by Gasteiger charge is -2.36. The van der Waals surface area contributed by atoms with Crippen LogP contribution in [-0.4, -0.2) is 23.0 Å². The van der Waals surface area contributed by atoms with Crippen molar-refractivity contribution in [2.24, 2.45) is 5.92 Å². The van der Waals surface area contributed by atoms with Crippen LogP contribution in [0.25, 0.3) is 0 Å². The highest BCUT2D eigenvalue weighted by molar-refractivity contribution is 6.34. The Bertz CT molecular complexity index is 858. The lowest BCUT2D eigenvalue weighted by molar-refractivity contribution is -0.384. The van der Waals surface area contributed by atoms with E-state index in [1.165, 1.54) is 18.2 Å². The van der Waals surface area contributed by atoms with E-state index in [-0.39, 0.29) is 28.3 Å². The van der Waals surface area contributed by atoms with Gasteiger partial charge in [0.2, 0.25) is 0 Å². The van der Waals surface area contributed by atoms with E-state index in [1.54, 1.807) is 0 Å². The van der Waals surface area contributed by atoms with Crippen molar-refractivity contribution < 1.29 is 14.5 Å². The second-order valence-corrected chi connectivity index (χ2v) is 7.29. The summed E-state index contributed by atoms with van der Waals surface area (Å²) in [5.41, 5.74) is 0.215. The average molecular weight is 389 g/mol. The third-order valence-corrected chi connectivity index (χ3v) is 5.57. The van der Waals surface area contributed by atoms with Crippen molar-refractivity contribution in [3.8, 4) is 0 Å². The lowest BCUT2D eigenvalue weighted by Crippen LogP contribution is -2.52. The number of amides is 1. The quantitative estimate of drug-likeness (QED) is 0.602. The molecule has 7 heteroatoms. The molecule has 1 fully saturated rings. The molecule has 3 atom stereocenters. The molecule has 0 bridgehead atoms. The molecule has 2 aromatic carbocycles. The largest absolute Gasteiger partial charge is 0.371 e. The number of benzene rings is 2. The zero-order valence-corrected chi connectivity index (χ0v) is 15.9. The second-order valence-electron chi connectivity index (χ2n) is 6.89. The summed E-state index contributed by atoms with van der Waals surface area (Å²) in [7, 11) is 0. The van der Waals surface area contributed by atoms with Crippen molar-refractivity contribution in [1.29, 1.82) is 0 Å². The number of non-ortho nitro benzene ring substituents is 1. The molecule has 0 radical (unpaired) electrons. The number of halogens is 1. The van der Waals surface area contributed by atoms with Gasteiger partial charge in [0, 0.05) is 18.1 Å². The average Bonchev–Trinajstić information content (AvgIpc) is 2.98. The number of nitro groups is 1. The Hall–Kier alpha value is -2.44. The van der Waals surface area contributed by atoms with Gasteiger partial charge in [-0.1, -0.05) is 48.9 Å². The van der Waals surface area contributed by atoms with Crippen LogP contribution in [0.1, 0.15) is 42.3 Å². The van der Waals surface area contributed by atoms with Crippen LogP contribution in [0.5, 0.6) is 0 Å². The Morgan fingerprint density at radius 2 is 2.04 bits per heavy atom. The predicted molar refractivity (Wildman–Crippen MR) is 103 cm³/mol. The van der Waals surface area contributed by atoms with E-state index in [9.17, 15) is 14.9 Å². The first-order valence-electron chi connectivity index (χ1n) is 8.79. The molecule has 3 rings (SSSR count). The van der Waals surface area contributed by atoms with Gasteiger partial charge in [-0.25, -0.2) is 0 Å². The Balaban J connectivity index is 1.94. The number of rotatable bonds is 5. The van der Waals surface area contributed by atoms with Crippen molar-refractivity contribution >= 4 is 23.2 Å². The van der Waals surface area contributed by atoms with E-state index in [0.29, 0.717) is 6.61 Å². The van der Waals surface area contributed by atoms with Gasteiger partial charge in [0.05, 0.1) is 27.7 Å². The normalized spacial score (nSPS) is 24.6. The SMILES string of the molecule is CC[C@H]1CO[C@@H](c2ccccc2)[C@]1(C)NC(=O)c1cc([N+](=O)[O-])ccc1Cl. The summed E-state index contributed by atoms with van der Waals surface area (Å²) >= 11 is 6.14. The van der Waals surface area contributed by atoms with Crippen molar-refractivity contribution in [3.05, 3.63) is 74.8 Å². The summed E-state index contributed by atoms with van der Waals surface area (Å²) in [4.78, 5) is 23.5. The number of nitro benzene ring substituents is 1. The molecule has 2 aromatic rings.